The number of ether oxygens (including phenoxy) is 1. The minimum Gasteiger partial charge on any atom is -0.452 e. The molecule has 0 fully saturated rings. The van der Waals surface area contributed by atoms with Gasteiger partial charge in [-0.2, -0.15) is 5.26 Å². The van der Waals surface area contributed by atoms with Crippen LogP contribution in [0.4, 0.5) is 5.69 Å². The number of carbonyl (C=O) groups is 2. The number of hydrogen-bond acceptors (Lipinski definition) is 4. The largest absolute Gasteiger partial charge is 0.452 e. The number of benzene rings is 2. The summed E-state index contributed by atoms with van der Waals surface area (Å²) in [6, 6.07) is 13.1. The lowest BCUT2D eigenvalue weighted by molar-refractivity contribution is -0.152. The zero-order chi connectivity index (χ0) is 18.4. The number of halogens is 2. The van der Waals surface area contributed by atoms with Crippen molar-refractivity contribution in [3.05, 3.63) is 63.6 Å². The van der Waals surface area contributed by atoms with E-state index in [1.165, 1.54) is 13.0 Å². The lowest BCUT2D eigenvalue weighted by Crippen LogP contribution is -2.30. The van der Waals surface area contributed by atoms with Gasteiger partial charge >= 0.3 is 5.97 Å². The smallest absolute Gasteiger partial charge is 0.311 e. The summed E-state index contributed by atoms with van der Waals surface area (Å²) in [5.41, 5.74) is 1.56. The fourth-order valence-corrected chi connectivity index (χ4v) is 2.46. The third kappa shape index (κ3) is 5.49. The average Bonchev–Trinajstić information content (AvgIpc) is 2.58. The summed E-state index contributed by atoms with van der Waals surface area (Å²) in [5, 5.41) is 12.2. The van der Waals surface area contributed by atoms with Gasteiger partial charge in [-0.15, -0.1) is 0 Å². The highest BCUT2D eigenvalue weighted by molar-refractivity contribution is 6.35. The van der Waals surface area contributed by atoms with Crippen LogP contribution in [0, 0.1) is 11.3 Å². The number of rotatable bonds is 5. The maximum atomic E-state index is 12.1. The van der Waals surface area contributed by atoms with E-state index in [0.717, 1.165) is 0 Å². The van der Waals surface area contributed by atoms with Crippen molar-refractivity contribution in [2.24, 2.45) is 0 Å². The predicted octanol–water partition coefficient (Wildman–Crippen LogP) is 3.98. The molecule has 2 aromatic carbocycles. The van der Waals surface area contributed by atoms with E-state index in [0.29, 0.717) is 26.9 Å². The Labute approximate surface area is 155 Å². The molecule has 0 radical (unpaired) electrons. The van der Waals surface area contributed by atoms with Crippen LogP contribution < -0.4 is 5.32 Å². The topological polar surface area (TPSA) is 79.2 Å². The van der Waals surface area contributed by atoms with E-state index in [-0.39, 0.29) is 6.42 Å². The Kier molecular flexibility index (Phi) is 6.40. The van der Waals surface area contributed by atoms with E-state index in [2.05, 4.69) is 5.32 Å². The van der Waals surface area contributed by atoms with Crippen LogP contribution in [0.2, 0.25) is 10.0 Å². The van der Waals surface area contributed by atoms with Crippen LogP contribution >= 0.6 is 23.2 Å². The van der Waals surface area contributed by atoms with E-state index >= 15 is 0 Å². The van der Waals surface area contributed by atoms with Gasteiger partial charge in [0.15, 0.2) is 6.10 Å². The first kappa shape index (κ1) is 18.8. The van der Waals surface area contributed by atoms with Gasteiger partial charge < -0.3 is 10.1 Å². The number of anilines is 1. The first-order valence-electron chi connectivity index (χ1n) is 7.33. The molecule has 2 rings (SSSR count). The molecule has 2 aromatic rings. The van der Waals surface area contributed by atoms with Gasteiger partial charge in [0.05, 0.1) is 18.1 Å². The molecular weight excluding hydrogens is 363 g/mol. The van der Waals surface area contributed by atoms with Crippen molar-refractivity contribution >= 4 is 40.8 Å². The van der Waals surface area contributed by atoms with Crippen molar-refractivity contribution < 1.29 is 14.3 Å². The number of nitriles is 1. The summed E-state index contributed by atoms with van der Waals surface area (Å²) in [6.45, 7) is 1.47. The van der Waals surface area contributed by atoms with Gasteiger partial charge in [-0.3, -0.25) is 9.59 Å². The molecule has 0 spiro atoms. The van der Waals surface area contributed by atoms with Crippen LogP contribution in [0.1, 0.15) is 18.1 Å². The van der Waals surface area contributed by atoms with E-state index in [9.17, 15) is 9.59 Å². The van der Waals surface area contributed by atoms with E-state index in [4.69, 9.17) is 33.2 Å². The molecule has 0 unspecified atom stereocenters. The Hall–Kier alpha value is -2.55. The first-order valence-corrected chi connectivity index (χ1v) is 8.09. The highest BCUT2D eigenvalue weighted by Crippen LogP contribution is 2.21. The first-order chi connectivity index (χ1) is 11.9. The maximum Gasteiger partial charge on any atom is 0.311 e. The quantitative estimate of drug-likeness (QED) is 0.800. The fourth-order valence-electron chi connectivity index (χ4n) is 1.98. The Morgan fingerprint density at radius 2 is 1.88 bits per heavy atom. The zero-order valence-electron chi connectivity index (χ0n) is 13.3. The van der Waals surface area contributed by atoms with Crippen LogP contribution in [0.15, 0.2) is 42.5 Å². The van der Waals surface area contributed by atoms with E-state index < -0.39 is 18.0 Å². The molecule has 1 N–H and O–H groups in total. The third-order valence-electron chi connectivity index (χ3n) is 3.31. The second-order valence-electron chi connectivity index (χ2n) is 5.22. The number of carbonyl (C=O) groups excluding carboxylic acids is 2. The van der Waals surface area contributed by atoms with Crippen molar-refractivity contribution in [2.75, 3.05) is 5.32 Å². The highest BCUT2D eigenvalue weighted by Gasteiger charge is 2.19. The van der Waals surface area contributed by atoms with Crippen LogP contribution in [-0.4, -0.2) is 18.0 Å². The molecule has 0 aliphatic carbocycles. The van der Waals surface area contributed by atoms with Crippen LogP contribution in [0.25, 0.3) is 0 Å². The number of amides is 1. The van der Waals surface area contributed by atoms with Gasteiger partial charge in [-0.1, -0.05) is 29.3 Å². The lowest BCUT2D eigenvalue weighted by atomic mass is 10.1. The number of nitrogens with one attached hydrogen (secondary N) is 1. The van der Waals surface area contributed by atoms with Crippen LogP contribution in [0.5, 0.6) is 0 Å². The number of hydrogen-bond donors (Lipinski definition) is 1. The number of esters is 1. The molecule has 0 aliphatic rings. The number of nitrogens with zero attached hydrogens (tertiary/aromatic N) is 1. The SMILES string of the molecule is C[C@H](OC(=O)Cc1ccc(Cl)cc1Cl)C(=O)Nc1ccc(C#N)cc1. The Morgan fingerprint density at radius 1 is 1.20 bits per heavy atom. The summed E-state index contributed by atoms with van der Waals surface area (Å²) >= 11 is 11.8. The minimum atomic E-state index is -0.978. The van der Waals surface area contributed by atoms with Crippen molar-refractivity contribution in [1.29, 1.82) is 5.26 Å². The molecular formula is C18H14Cl2N2O3. The molecule has 0 aromatic heterocycles. The molecule has 7 heteroatoms. The van der Waals surface area contributed by atoms with Gasteiger partial charge in [-0.25, -0.2) is 0 Å². The molecule has 0 bridgehead atoms. The predicted molar refractivity (Wildman–Crippen MR) is 95.5 cm³/mol. The van der Waals surface area contributed by atoms with Crippen molar-refractivity contribution in [1.82, 2.24) is 0 Å². The molecule has 128 valence electrons. The molecule has 0 heterocycles. The second kappa shape index (κ2) is 8.52. The monoisotopic (exact) mass is 376 g/mol. The van der Waals surface area contributed by atoms with Gasteiger partial charge in [-0.05, 0) is 48.9 Å². The van der Waals surface area contributed by atoms with Gasteiger partial charge in [0, 0.05) is 15.7 Å². The molecule has 1 amide bonds. The lowest BCUT2D eigenvalue weighted by Gasteiger charge is -2.14. The Balaban J connectivity index is 1.91. The van der Waals surface area contributed by atoms with E-state index in [1.807, 2.05) is 6.07 Å². The highest BCUT2D eigenvalue weighted by atomic mass is 35.5. The standard InChI is InChI=1S/C18H14Cl2N2O3/c1-11(18(24)22-15-6-2-12(10-21)3-7-15)25-17(23)8-13-4-5-14(19)9-16(13)20/h2-7,9,11H,8H2,1H3,(H,22,24)/t11-/m0/s1. The normalized spacial score (nSPS) is 11.3. The van der Waals surface area contributed by atoms with Crippen molar-refractivity contribution in [3.63, 3.8) is 0 Å². The Morgan fingerprint density at radius 3 is 2.48 bits per heavy atom. The van der Waals surface area contributed by atoms with E-state index in [1.54, 1.807) is 36.4 Å². The summed E-state index contributed by atoms with van der Waals surface area (Å²) in [6.07, 6.45) is -1.04. The summed E-state index contributed by atoms with van der Waals surface area (Å²) in [7, 11) is 0. The summed E-state index contributed by atoms with van der Waals surface area (Å²) in [5.74, 6) is -1.05. The molecule has 0 saturated heterocycles. The second-order valence-corrected chi connectivity index (χ2v) is 6.07. The van der Waals surface area contributed by atoms with Crippen molar-refractivity contribution in [2.45, 2.75) is 19.4 Å². The minimum absolute atomic E-state index is 0.0650. The Bertz CT molecular complexity index is 829. The van der Waals surface area contributed by atoms with Crippen molar-refractivity contribution in [3.8, 4) is 6.07 Å². The molecule has 0 aliphatic heterocycles. The van der Waals surface area contributed by atoms with Crippen LogP contribution in [0.3, 0.4) is 0 Å². The fraction of sp³-hybridized carbons (Fsp3) is 0.167. The zero-order valence-corrected chi connectivity index (χ0v) is 14.8. The van der Waals surface area contributed by atoms with Gasteiger partial charge in [0.1, 0.15) is 0 Å². The average molecular weight is 377 g/mol. The molecule has 0 saturated carbocycles. The molecule has 1 atom stereocenters. The van der Waals surface area contributed by atoms with Gasteiger partial charge in [0.25, 0.3) is 5.91 Å². The summed E-state index contributed by atoms with van der Waals surface area (Å²) < 4.78 is 5.12. The van der Waals surface area contributed by atoms with Crippen LogP contribution in [-0.2, 0) is 20.7 Å². The molecule has 25 heavy (non-hydrogen) atoms. The maximum absolute atomic E-state index is 12.1. The summed E-state index contributed by atoms with van der Waals surface area (Å²) in [4.78, 5) is 24.0. The molecule has 5 nitrogen and oxygen atoms in total. The van der Waals surface area contributed by atoms with Gasteiger partial charge in [0.2, 0.25) is 0 Å². The third-order valence-corrected chi connectivity index (χ3v) is 3.90.